The summed E-state index contributed by atoms with van der Waals surface area (Å²) in [5, 5.41) is 9.05. The fourth-order valence-electron chi connectivity index (χ4n) is 2.43. The molecule has 6 heteroatoms. The van der Waals surface area contributed by atoms with Crippen molar-refractivity contribution in [3.05, 3.63) is 21.9 Å². The number of hydrogen-bond acceptors (Lipinski definition) is 4. The van der Waals surface area contributed by atoms with Gasteiger partial charge in [0.05, 0.1) is 0 Å². The number of nitrogen functional groups attached to an aromatic ring is 1. The Balaban J connectivity index is 2.04. The van der Waals surface area contributed by atoms with Gasteiger partial charge in [0, 0.05) is 24.9 Å². The zero-order chi connectivity index (χ0) is 12.0. The molecular formula is C11H13IN4O. The first-order chi connectivity index (χ1) is 8.20. The molecular weight excluding hydrogens is 331 g/mol. The normalized spacial score (nSPS) is 23.9. The molecule has 0 saturated heterocycles. The predicted octanol–water partition coefficient (Wildman–Crippen LogP) is 1.40. The number of aliphatic hydroxyl groups is 1. The zero-order valence-electron chi connectivity index (χ0n) is 9.17. The van der Waals surface area contributed by atoms with Crippen LogP contribution in [0.25, 0.3) is 5.52 Å². The fourth-order valence-corrected chi connectivity index (χ4v) is 3.21. The summed E-state index contributed by atoms with van der Waals surface area (Å²) >= 11 is 2.19. The second kappa shape index (κ2) is 4.09. The summed E-state index contributed by atoms with van der Waals surface area (Å²) in [6, 6.07) is 0. The van der Waals surface area contributed by atoms with Crippen molar-refractivity contribution in [3.63, 3.8) is 0 Å². The number of aliphatic hydroxyl groups excluding tert-OH is 1. The average Bonchev–Trinajstić information content (AvgIpc) is 2.56. The van der Waals surface area contributed by atoms with E-state index in [1.54, 1.807) is 6.20 Å². The number of imidazole rings is 1. The van der Waals surface area contributed by atoms with Crippen molar-refractivity contribution in [2.75, 3.05) is 12.3 Å². The predicted molar refractivity (Wildman–Crippen MR) is 72.7 cm³/mol. The minimum atomic E-state index is 0.278. The molecule has 1 aliphatic rings. The number of nitrogens with two attached hydrogens (primary N) is 1. The van der Waals surface area contributed by atoms with Crippen molar-refractivity contribution in [2.24, 2.45) is 5.92 Å². The number of nitrogens with zero attached hydrogens (tertiary/aromatic N) is 3. The number of hydrogen-bond donors (Lipinski definition) is 2. The number of fused-ring (bicyclic) bond motifs is 1. The second-order valence-corrected chi connectivity index (χ2v) is 5.53. The summed E-state index contributed by atoms with van der Waals surface area (Å²) in [4.78, 5) is 8.68. The molecule has 17 heavy (non-hydrogen) atoms. The lowest BCUT2D eigenvalue weighted by Gasteiger charge is -2.32. The maximum Gasteiger partial charge on any atom is 0.150 e. The van der Waals surface area contributed by atoms with E-state index in [9.17, 15) is 0 Å². The van der Waals surface area contributed by atoms with Gasteiger partial charge < -0.3 is 10.8 Å². The fraction of sp³-hybridized carbons (Fsp3) is 0.455. The van der Waals surface area contributed by atoms with E-state index in [-0.39, 0.29) is 6.61 Å². The summed E-state index contributed by atoms with van der Waals surface area (Å²) in [6.45, 7) is 0.278. The summed E-state index contributed by atoms with van der Waals surface area (Å²) in [5.74, 6) is 2.44. The van der Waals surface area contributed by atoms with E-state index < -0.39 is 0 Å². The third kappa shape index (κ3) is 1.70. The Morgan fingerprint density at radius 2 is 2.29 bits per heavy atom. The molecule has 2 aromatic heterocycles. The summed E-state index contributed by atoms with van der Waals surface area (Å²) in [5.41, 5.74) is 6.77. The van der Waals surface area contributed by atoms with Crippen molar-refractivity contribution < 1.29 is 5.11 Å². The largest absolute Gasteiger partial charge is 0.396 e. The van der Waals surface area contributed by atoms with Gasteiger partial charge in [0.1, 0.15) is 15.0 Å². The van der Waals surface area contributed by atoms with Gasteiger partial charge in [-0.25, -0.2) is 9.97 Å². The minimum Gasteiger partial charge on any atom is -0.396 e. The first-order valence-electron chi connectivity index (χ1n) is 5.59. The Morgan fingerprint density at radius 3 is 3.00 bits per heavy atom. The molecule has 0 unspecified atom stereocenters. The van der Waals surface area contributed by atoms with E-state index in [2.05, 4.69) is 32.6 Å². The molecule has 2 heterocycles. The van der Waals surface area contributed by atoms with Crippen LogP contribution in [0.15, 0.2) is 12.4 Å². The SMILES string of the molecule is Nc1nccn2c1c(I)nc2[C@H]1C[C@H](CO)C1. The highest BCUT2D eigenvalue weighted by Crippen LogP contribution is 2.41. The maximum atomic E-state index is 9.05. The van der Waals surface area contributed by atoms with Crippen molar-refractivity contribution >= 4 is 33.9 Å². The first-order valence-corrected chi connectivity index (χ1v) is 6.67. The van der Waals surface area contributed by atoms with E-state index in [0.29, 0.717) is 17.7 Å². The lowest BCUT2D eigenvalue weighted by atomic mass is 9.75. The van der Waals surface area contributed by atoms with Crippen LogP contribution < -0.4 is 5.73 Å². The maximum absolute atomic E-state index is 9.05. The lowest BCUT2D eigenvalue weighted by Crippen LogP contribution is -2.26. The second-order valence-electron chi connectivity index (χ2n) is 4.51. The molecule has 2 aromatic rings. The van der Waals surface area contributed by atoms with E-state index in [0.717, 1.165) is 27.9 Å². The molecule has 3 rings (SSSR count). The molecule has 0 spiro atoms. The van der Waals surface area contributed by atoms with Gasteiger partial charge in [-0.1, -0.05) is 0 Å². The van der Waals surface area contributed by atoms with Gasteiger partial charge >= 0.3 is 0 Å². The van der Waals surface area contributed by atoms with Crippen molar-refractivity contribution in [3.8, 4) is 0 Å². The molecule has 1 saturated carbocycles. The van der Waals surface area contributed by atoms with E-state index in [1.165, 1.54) is 0 Å². The van der Waals surface area contributed by atoms with E-state index >= 15 is 0 Å². The van der Waals surface area contributed by atoms with Crippen molar-refractivity contribution in [2.45, 2.75) is 18.8 Å². The Hall–Kier alpha value is -0.890. The highest BCUT2D eigenvalue weighted by Gasteiger charge is 2.33. The number of halogens is 1. The standard InChI is InChI=1S/C11H13IN4O/c12-9-8-10(13)14-1-2-16(8)11(15-9)7-3-6(4-7)5-17/h1-2,6-7,17H,3-5H2,(H2,13,14)/t6-,7-. The molecule has 0 radical (unpaired) electrons. The van der Waals surface area contributed by atoms with Crippen LogP contribution in [0.1, 0.15) is 24.6 Å². The monoisotopic (exact) mass is 344 g/mol. The number of rotatable bonds is 2. The van der Waals surface area contributed by atoms with Crippen LogP contribution in [0.5, 0.6) is 0 Å². The quantitative estimate of drug-likeness (QED) is 0.808. The third-order valence-corrected chi connectivity index (χ3v) is 4.18. The molecule has 3 N–H and O–H groups in total. The molecule has 0 atom stereocenters. The van der Waals surface area contributed by atoms with Crippen molar-refractivity contribution in [1.29, 1.82) is 0 Å². The van der Waals surface area contributed by atoms with E-state index in [1.807, 2.05) is 10.6 Å². The Labute approximate surface area is 112 Å². The lowest BCUT2D eigenvalue weighted by molar-refractivity contribution is 0.138. The summed E-state index contributed by atoms with van der Waals surface area (Å²) in [6.07, 6.45) is 5.62. The van der Waals surface area contributed by atoms with Gasteiger partial charge in [0.2, 0.25) is 0 Å². The smallest absolute Gasteiger partial charge is 0.150 e. The van der Waals surface area contributed by atoms with Crippen LogP contribution >= 0.6 is 22.6 Å². The molecule has 0 aliphatic heterocycles. The van der Waals surface area contributed by atoms with Crippen LogP contribution in [0.2, 0.25) is 0 Å². The van der Waals surface area contributed by atoms with Crippen LogP contribution in [0.3, 0.4) is 0 Å². The highest BCUT2D eigenvalue weighted by atomic mass is 127. The van der Waals surface area contributed by atoms with Gasteiger partial charge in [-0.3, -0.25) is 4.40 Å². The Kier molecular flexibility index (Phi) is 2.70. The average molecular weight is 344 g/mol. The third-order valence-electron chi connectivity index (χ3n) is 3.43. The zero-order valence-corrected chi connectivity index (χ0v) is 11.3. The molecule has 0 bridgehead atoms. The molecule has 90 valence electrons. The molecule has 5 nitrogen and oxygen atoms in total. The Morgan fingerprint density at radius 1 is 1.53 bits per heavy atom. The van der Waals surface area contributed by atoms with Gasteiger partial charge in [0.25, 0.3) is 0 Å². The van der Waals surface area contributed by atoms with Gasteiger partial charge in [-0.2, -0.15) is 0 Å². The van der Waals surface area contributed by atoms with Gasteiger partial charge in [-0.05, 0) is 41.4 Å². The van der Waals surface area contributed by atoms with Crippen LogP contribution in [-0.2, 0) is 0 Å². The van der Waals surface area contributed by atoms with Crippen LogP contribution in [0, 0.1) is 9.62 Å². The highest BCUT2D eigenvalue weighted by molar-refractivity contribution is 14.1. The topological polar surface area (TPSA) is 76.4 Å². The minimum absolute atomic E-state index is 0.278. The molecule has 0 aromatic carbocycles. The van der Waals surface area contributed by atoms with Crippen molar-refractivity contribution in [1.82, 2.24) is 14.4 Å². The van der Waals surface area contributed by atoms with Gasteiger partial charge in [0.15, 0.2) is 5.82 Å². The van der Waals surface area contributed by atoms with Crippen LogP contribution in [-0.4, -0.2) is 26.1 Å². The van der Waals surface area contributed by atoms with Gasteiger partial charge in [-0.15, -0.1) is 0 Å². The number of aromatic nitrogens is 3. The molecule has 0 amide bonds. The van der Waals surface area contributed by atoms with E-state index in [4.69, 9.17) is 10.8 Å². The van der Waals surface area contributed by atoms with Crippen LogP contribution in [0.4, 0.5) is 5.82 Å². The summed E-state index contributed by atoms with van der Waals surface area (Å²) < 4.78 is 2.93. The summed E-state index contributed by atoms with van der Waals surface area (Å²) in [7, 11) is 0. The first kappa shape index (κ1) is 11.2. The Bertz CT molecular complexity index is 562. The molecule has 1 aliphatic carbocycles. The molecule has 1 fully saturated rings. The number of anilines is 1.